The van der Waals surface area contributed by atoms with E-state index >= 15 is 0 Å². The van der Waals surface area contributed by atoms with Gasteiger partial charge in [0.2, 0.25) is 6.33 Å². The molecule has 1 aromatic carbocycles. The first-order valence-corrected chi connectivity index (χ1v) is 9.62. The first-order valence-electron chi connectivity index (χ1n) is 9.62. The topological polar surface area (TPSA) is 75.5 Å². The van der Waals surface area contributed by atoms with Gasteiger partial charge < -0.3 is 15.6 Å². The van der Waals surface area contributed by atoms with Gasteiger partial charge in [0.1, 0.15) is 11.9 Å². The Balaban J connectivity index is 0.000000223. The minimum atomic E-state index is 0.769. The molecule has 0 fully saturated rings. The van der Waals surface area contributed by atoms with Crippen LogP contribution in [0.5, 0.6) is 0 Å². The molecule has 3 rings (SSSR count). The van der Waals surface area contributed by atoms with Crippen molar-refractivity contribution in [2.24, 2.45) is 19.8 Å². The highest BCUT2D eigenvalue weighted by Gasteiger charge is 2.02. The van der Waals surface area contributed by atoms with Crippen molar-refractivity contribution in [3.8, 4) is 0 Å². The molecule has 0 saturated heterocycles. The van der Waals surface area contributed by atoms with E-state index in [-0.39, 0.29) is 0 Å². The number of nitrogens with zero attached hydrogens (tertiary/aromatic N) is 3. The number of hydrogen-bond donors (Lipinski definition) is 3. The van der Waals surface area contributed by atoms with Crippen LogP contribution in [0, 0.1) is 0 Å². The Kier molecular flexibility index (Phi) is 9.30. The first-order chi connectivity index (χ1) is 13.2. The summed E-state index contributed by atoms with van der Waals surface area (Å²) in [6.07, 6.45) is 12.1. The van der Waals surface area contributed by atoms with Gasteiger partial charge in [0.25, 0.3) is 0 Å². The summed E-state index contributed by atoms with van der Waals surface area (Å²) >= 11 is 0. The van der Waals surface area contributed by atoms with Crippen LogP contribution >= 0.6 is 0 Å². The fourth-order valence-electron chi connectivity index (χ4n) is 2.81. The smallest absolute Gasteiger partial charge is 0.241 e. The number of nitrogens with one attached hydrogen (secondary N) is 2. The van der Waals surface area contributed by atoms with Crippen LogP contribution in [0.1, 0.15) is 29.8 Å². The van der Waals surface area contributed by atoms with Gasteiger partial charge in [0.15, 0.2) is 0 Å². The molecule has 6 heteroatoms. The maximum Gasteiger partial charge on any atom is 0.241 e. The van der Waals surface area contributed by atoms with Crippen molar-refractivity contribution in [2.45, 2.75) is 32.2 Å². The van der Waals surface area contributed by atoms with E-state index in [9.17, 15) is 0 Å². The van der Waals surface area contributed by atoms with Gasteiger partial charge in [0.05, 0.1) is 13.4 Å². The summed E-state index contributed by atoms with van der Waals surface area (Å²) in [6, 6.07) is 10.5. The summed E-state index contributed by atoms with van der Waals surface area (Å²) in [5, 5.41) is 3.45. The molecule has 27 heavy (non-hydrogen) atoms. The predicted molar refractivity (Wildman–Crippen MR) is 109 cm³/mol. The molecule has 0 atom stereocenters. The van der Waals surface area contributed by atoms with Crippen LogP contribution in [0.2, 0.25) is 0 Å². The molecule has 6 nitrogen and oxygen atoms in total. The average molecular weight is 370 g/mol. The van der Waals surface area contributed by atoms with Crippen LogP contribution < -0.4 is 15.6 Å². The Bertz CT molecular complexity index is 747. The highest BCUT2D eigenvalue weighted by atomic mass is 15.0. The van der Waals surface area contributed by atoms with E-state index in [1.807, 2.05) is 45.2 Å². The van der Waals surface area contributed by atoms with E-state index in [4.69, 9.17) is 5.73 Å². The quantitative estimate of drug-likeness (QED) is 0.398. The van der Waals surface area contributed by atoms with Gasteiger partial charge in [-0.25, -0.2) is 14.5 Å². The van der Waals surface area contributed by atoms with Crippen LogP contribution in [0.15, 0.2) is 55.4 Å². The summed E-state index contributed by atoms with van der Waals surface area (Å²) in [5.74, 6) is 0. The summed E-state index contributed by atoms with van der Waals surface area (Å²) in [4.78, 5) is 7.14. The van der Waals surface area contributed by atoms with Crippen molar-refractivity contribution in [2.75, 3.05) is 13.1 Å². The largest absolute Gasteiger partial charge is 0.338 e. The fourth-order valence-corrected chi connectivity index (χ4v) is 2.81. The monoisotopic (exact) mass is 369 g/mol. The highest BCUT2D eigenvalue weighted by Crippen LogP contribution is 2.01. The molecule has 4 N–H and O–H groups in total. The molecule has 146 valence electrons. The Morgan fingerprint density at radius 1 is 1.19 bits per heavy atom. The van der Waals surface area contributed by atoms with Gasteiger partial charge in [-0.1, -0.05) is 30.3 Å². The lowest BCUT2D eigenvalue weighted by atomic mass is 10.2. The summed E-state index contributed by atoms with van der Waals surface area (Å²) in [6.45, 7) is 2.76. The lowest BCUT2D eigenvalue weighted by Gasteiger charge is -2.05. The van der Waals surface area contributed by atoms with E-state index in [0.29, 0.717) is 0 Å². The second-order valence-electron chi connectivity index (χ2n) is 6.70. The minimum Gasteiger partial charge on any atom is -0.338 e. The van der Waals surface area contributed by atoms with Crippen molar-refractivity contribution < 1.29 is 4.57 Å². The molecule has 0 amide bonds. The molecule has 0 spiro atoms. The number of aromatic nitrogens is 4. The normalized spacial score (nSPS) is 10.5. The van der Waals surface area contributed by atoms with E-state index in [1.165, 1.54) is 17.0 Å². The number of aryl methyl sites for hydroxylation is 4. The molecule has 0 saturated carbocycles. The lowest BCUT2D eigenvalue weighted by Crippen LogP contribution is -2.30. The SMILES string of the molecule is C[n+]1c[nH]cc1CCCN.Cn1cncc1CCCNCc1ccccc1. The number of benzene rings is 1. The predicted octanol–water partition coefficient (Wildman–Crippen LogP) is 1.87. The van der Waals surface area contributed by atoms with Gasteiger partial charge in [-0.2, -0.15) is 0 Å². The third kappa shape index (κ3) is 7.76. The minimum absolute atomic E-state index is 0.769. The zero-order valence-electron chi connectivity index (χ0n) is 16.6. The maximum atomic E-state index is 5.38. The lowest BCUT2D eigenvalue weighted by molar-refractivity contribution is -0.677. The van der Waals surface area contributed by atoms with Crippen molar-refractivity contribution in [1.82, 2.24) is 19.9 Å². The molecule has 0 radical (unpaired) electrons. The zero-order valence-corrected chi connectivity index (χ0v) is 16.6. The van der Waals surface area contributed by atoms with Crippen LogP contribution in [-0.4, -0.2) is 27.6 Å². The Morgan fingerprint density at radius 3 is 2.63 bits per heavy atom. The van der Waals surface area contributed by atoms with Crippen molar-refractivity contribution in [3.05, 3.63) is 72.3 Å². The third-order valence-corrected chi connectivity index (χ3v) is 4.48. The molecule has 3 aromatic rings. The summed E-state index contributed by atoms with van der Waals surface area (Å²) < 4.78 is 4.16. The van der Waals surface area contributed by atoms with Crippen LogP contribution in [0.3, 0.4) is 0 Å². The Hall–Kier alpha value is -2.44. The van der Waals surface area contributed by atoms with Crippen molar-refractivity contribution >= 4 is 0 Å². The van der Waals surface area contributed by atoms with E-state index in [0.717, 1.165) is 45.3 Å². The second-order valence-corrected chi connectivity index (χ2v) is 6.70. The van der Waals surface area contributed by atoms with Crippen LogP contribution in [0.25, 0.3) is 0 Å². The Morgan fingerprint density at radius 2 is 2.00 bits per heavy atom. The first kappa shape index (κ1) is 20.9. The van der Waals surface area contributed by atoms with E-state index in [1.54, 1.807) is 0 Å². The van der Waals surface area contributed by atoms with Gasteiger partial charge >= 0.3 is 0 Å². The molecule has 0 unspecified atom stereocenters. The molecule has 0 aliphatic carbocycles. The van der Waals surface area contributed by atoms with Gasteiger partial charge in [-0.05, 0) is 37.9 Å². The van der Waals surface area contributed by atoms with Gasteiger partial charge in [-0.3, -0.25) is 0 Å². The van der Waals surface area contributed by atoms with Crippen LogP contribution in [-0.2, 0) is 33.5 Å². The number of nitrogens with two attached hydrogens (primary N) is 1. The molecule has 0 aliphatic heterocycles. The second kappa shape index (κ2) is 12.0. The molecular weight excluding hydrogens is 336 g/mol. The third-order valence-electron chi connectivity index (χ3n) is 4.48. The maximum absolute atomic E-state index is 5.38. The summed E-state index contributed by atoms with van der Waals surface area (Å²) in [7, 11) is 4.07. The molecule has 0 bridgehead atoms. The Labute approximate surface area is 162 Å². The number of aromatic amines is 1. The molecular formula is C21H33N6+. The molecule has 0 aliphatic rings. The van der Waals surface area contributed by atoms with E-state index < -0.39 is 0 Å². The zero-order chi connectivity index (χ0) is 19.3. The van der Waals surface area contributed by atoms with Crippen molar-refractivity contribution in [3.63, 3.8) is 0 Å². The fraction of sp³-hybridized carbons (Fsp3) is 0.429. The highest BCUT2D eigenvalue weighted by molar-refractivity contribution is 5.14. The molecule has 2 aromatic heterocycles. The number of rotatable bonds is 9. The van der Waals surface area contributed by atoms with Gasteiger partial charge in [-0.15, -0.1) is 0 Å². The van der Waals surface area contributed by atoms with Gasteiger partial charge in [0, 0.05) is 31.9 Å². The standard InChI is InChI=1S/C14H19N3.C7H13N3/c1-17-12-16-11-14(17)8-5-9-15-10-13-6-3-2-4-7-13;1-10-6-9-5-7(10)3-2-4-8/h2-4,6-7,11-12,15H,5,8-10H2,1H3;5-6H,2-4,8H2,1H3/p+1. The number of H-pyrrole nitrogens is 1. The van der Waals surface area contributed by atoms with Crippen molar-refractivity contribution in [1.29, 1.82) is 0 Å². The van der Waals surface area contributed by atoms with Crippen LogP contribution in [0.4, 0.5) is 0 Å². The van der Waals surface area contributed by atoms with E-state index in [2.05, 4.69) is 48.7 Å². The average Bonchev–Trinajstić information content (AvgIpc) is 3.29. The number of imidazole rings is 2. The summed E-state index contributed by atoms with van der Waals surface area (Å²) in [5.41, 5.74) is 9.32. The number of hydrogen-bond acceptors (Lipinski definition) is 3. The molecule has 2 heterocycles.